The first-order valence-corrected chi connectivity index (χ1v) is 6.81. The zero-order chi connectivity index (χ0) is 14.5. The van der Waals surface area contributed by atoms with E-state index >= 15 is 0 Å². The Kier molecular flexibility index (Phi) is 4.88. The van der Waals surface area contributed by atoms with Crippen molar-refractivity contribution in [3.63, 3.8) is 0 Å². The first kappa shape index (κ1) is 14.7. The summed E-state index contributed by atoms with van der Waals surface area (Å²) in [7, 11) is 3.74. The predicted octanol–water partition coefficient (Wildman–Crippen LogP) is 3.56. The fourth-order valence-corrected chi connectivity index (χ4v) is 2.28. The van der Waals surface area contributed by atoms with Gasteiger partial charge in [0.05, 0.1) is 7.11 Å². The van der Waals surface area contributed by atoms with E-state index in [4.69, 9.17) is 22.1 Å². The summed E-state index contributed by atoms with van der Waals surface area (Å²) in [5.74, 6) is 0.873. The number of nitrogens with two attached hydrogens (primary N) is 1. The van der Waals surface area contributed by atoms with Gasteiger partial charge in [0.15, 0.2) is 0 Å². The van der Waals surface area contributed by atoms with Gasteiger partial charge in [-0.15, -0.1) is 0 Å². The largest absolute Gasteiger partial charge is 0.497 e. The van der Waals surface area contributed by atoms with Gasteiger partial charge in [-0.25, -0.2) is 0 Å². The van der Waals surface area contributed by atoms with Gasteiger partial charge in [-0.3, -0.25) is 4.90 Å². The molecule has 0 unspecified atom stereocenters. The highest BCUT2D eigenvalue weighted by Crippen LogP contribution is 2.20. The molecule has 2 N–H and O–H groups in total. The minimum absolute atomic E-state index is 0.670. The van der Waals surface area contributed by atoms with E-state index in [-0.39, 0.29) is 0 Å². The van der Waals surface area contributed by atoms with Gasteiger partial charge < -0.3 is 10.5 Å². The van der Waals surface area contributed by atoms with E-state index in [0.717, 1.165) is 30.1 Å². The van der Waals surface area contributed by atoms with Crippen LogP contribution in [0, 0.1) is 0 Å². The Bertz CT molecular complexity index is 569. The summed E-state index contributed by atoms with van der Waals surface area (Å²) in [5, 5.41) is 0.670. The summed E-state index contributed by atoms with van der Waals surface area (Å²) in [6.45, 7) is 1.64. The molecule has 0 fully saturated rings. The normalized spacial score (nSPS) is 10.8. The quantitative estimate of drug-likeness (QED) is 0.856. The lowest BCUT2D eigenvalue weighted by atomic mass is 10.1. The van der Waals surface area contributed by atoms with Gasteiger partial charge in [-0.1, -0.05) is 29.8 Å². The molecule has 0 saturated carbocycles. The summed E-state index contributed by atoms with van der Waals surface area (Å²) in [5.41, 5.74) is 9.03. The minimum Gasteiger partial charge on any atom is -0.497 e. The van der Waals surface area contributed by atoms with Gasteiger partial charge in [0.1, 0.15) is 5.75 Å². The number of benzene rings is 2. The molecular weight excluding hydrogens is 272 g/mol. The summed E-state index contributed by atoms with van der Waals surface area (Å²) in [4.78, 5) is 2.21. The number of nitrogens with zero attached hydrogens (tertiary/aromatic N) is 1. The highest BCUT2D eigenvalue weighted by atomic mass is 35.5. The summed E-state index contributed by atoms with van der Waals surface area (Å²) >= 11 is 5.91. The Labute approximate surface area is 124 Å². The molecule has 0 spiro atoms. The Morgan fingerprint density at radius 3 is 2.40 bits per heavy atom. The molecule has 106 valence electrons. The van der Waals surface area contributed by atoms with Crippen molar-refractivity contribution in [3.8, 4) is 5.75 Å². The van der Waals surface area contributed by atoms with Crippen LogP contribution in [0.15, 0.2) is 42.5 Å². The number of methoxy groups -OCH3 is 1. The van der Waals surface area contributed by atoms with E-state index in [1.165, 1.54) is 5.56 Å². The summed E-state index contributed by atoms with van der Waals surface area (Å²) < 4.78 is 5.15. The van der Waals surface area contributed by atoms with E-state index in [1.807, 2.05) is 24.3 Å². The zero-order valence-electron chi connectivity index (χ0n) is 11.8. The molecule has 0 heterocycles. The third-order valence-corrected chi connectivity index (χ3v) is 3.39. The molecule has 0 atom stereocenters. The van der Waals surface area contributed by atoms with Crippen LogP contribution in [0.4, 0.5) is 5.69 Å². The Hall–Kier alpha value is -1.71. The van der Waals surface area contributed by atoms with Crippen LogP contribution < -0.4 is 10.5 Å². The van der Waals surface area contributed by atoms with E-state index in [2.05, 4.69) is 24.1 Å². The SMILES string of the molecule is COc1ccc(CN(C)Cc2ccc(Cl)cc2N)cc1. The molecular formula is C16H19ClN2O. The molecule has 0 saturated heterocycles. The molecule has 0 aromatic heterocycles. The average Bonchev–Trinajstić information content (AvgIpc) is 2.43. The number of anilines is 1. The molecule has 0 bridgehead atoms. The number of hydrogen-bond donors (Lipinski definition) is 1. The molecule has 3 nitrogen and oxygen atoms in total. The molecule has 0 aliphatic rings. The van der Waals surface area contributed by atoms with E-state index < -0.39 is 0 Å². The molecule has 2 aromatic carbocycles. The maximum Gasteiger partial charge on any atom is 0.118 e. The first-order chi connectivity index (χ1) is 9.58. The maximum absolute atomic E-state index is 5.97. The predicted molar refractivity (Wildman–Crippen MR) is 84.0 cm³/mol. The topological polar surface area (TPSA) is 38.5 Å². The van der Waals surface area contributed by atoms with Crippen LogP contribution in [-0.4, -0.2) is 19.1 Å². The summed E-state index contributed by atoms with van der Waals surface area (Å²) in [6, 6.07) is 13.7. The van der Waals surface area contributed by atoms with Crippen LogP contribution in [-0.2, 0) is 13.1 Å². The van der Waals surface area contributed by atoms with Gasteiger partial charge in [0.25, 0.3) is 0 Å². The van der Waals surface area contributed by atoms with Gasteiger partial charge in [0.2, 0.25) is 0 Å². The third-order valence-electron chi connectivity index (χ3n) is 3.16. The fraction of sp³-hybridized carbons (Fsp3) is 0.250. The molecule has 20 heavy (non-hydrogen) atoms. The monoisotopic (exact) mass is 290 g/mol. The van der Waals surface area contributed by atoms with E-state index in [1.54, 1.807) is 13.2 Å². The van der Waals surface area contributed by atoms with Crippen molar-refractivity contribution in [2.75, 3.05) is 19.9 Å². The third kappa shape index (κ3) is 3.89. The molecule has 0 amide bonds. The molecule has 2 rings (SSSR count). The lowest BCUT2D eigenvalue weighted by Crippen LogP contribution is -2.18. The second-order valence-electron chi connectivity index (χ2n) is 4.86. The number of rotatable bonds is 5. The molecule has 4 heteroatoms. The standard InChI is InChI=1S/C16H19ClN2O/c1-19(10-12-3-7-15(20-2)8-4-12)11-13-5-6-14(17)9-16(13)18/h3-9H,10-11,18H2,1-2H3. The van der Waals surface area contributed by atoms with Crippen molar-refractivity contribution in [2.45, 2.75) is 13.1 Å². The number of hydrogen-bond acceptors (Lipinski definition) is 3. The molecule has 2 aromatic rings. The van der Waals surface area contributed by atoms with Crippen LogP contribution in [0.25, 0.3) is 0 Å². The summed E-state index contributed by atoms with van der Waals surface area (Å²) in [6.07, 6.45) is 0. The lowest BCUT2D eigenvalue weighted by molar-refractivity contribution is 0.319. The van der Waals surface area contributed by atoms with E-state index in [9.17, 15) is 0 Å². The zero-order valence-corrected chi connectivity index (χ0v) is 12.5. The smallest absolute Gasteiger partial charge is 0.118 e. The maximum atomic E-state index is 5.97. The highest BCUT2D eigenvalue weighted by molar-refractivity contribution is 6.30. The van der Waals surface area contributed by atoms with Crippen molar-refractivity contribution in [3.05, 3.63) is 58.6 Å². The average molecular weight is 291 g/mol. The first-order valence-electron chi connectivity index (χ1n) is 6.44. The van der Waals surface area contributed by atoms with Gasteiger partial charge >= 0.3 is 0 Å². The highest BCUT2D eigenvalue weighted by Gasteiger charge is 2.05. The molecule has 0 aliphatic carbocycles. The van der Waals surface area contributed by atoms with Crippen molar-refractivity contribution < 1.29 is 4.74 Å². The van der Waals surface area contributed by atoms with Crippen molar-refractivity contribution in [1.82, 2.24) is 4.90 Å². The van der Waals surface area contributed by atoms with Gasteiger partial charge in [-0.05, 0) is 42.4 Å². The van der Waals surface area contributed by atoms with Crippen LogP contribution in [0.1, 0.15) is 11.1 Å². The Morgan fingerprint density at radius 2 is 1.80 bits per heavy atom. The number of nitrogen functional groups attached to an aromatic ring is 1. The van der Waals surface area contributed by atoms with Crippen molar-refractivity contribution >= 4 is 17.3 Å². The fourth-order valence-electron chi connectivity index (χ4n) is 2.10. The number of ether oxygens (including phenoxy) is 1. The minimum atomic E-state index is 0.670. The van der Waals surface area contributed by atoms with Crippen LogP contribution >= 0.6 is 11.6 Å². The lowest BCUT2D eigenvalue weighted by Gasteiger charge is -2.18. The van der Waals surface area contributed by atoms with E-state index in [0.29, 0.717) is 5.02 Å². The Morgan fingerprint density at radius 1 is 1.10 bits per heavy atom. The van der Waals surface area contributed by atoms with Crippen molar-refractivity contribution in [1.29, 1.82) is 0 Å². The van der Waals surface area contributed by atoms with Gasteiger partial charge in [0, 0.05) is 23.8 Å². The molecule has 0 radical (unpaired) electrons. The van der Waals surface area contributed by atoms with Gasteiger partial charge in [-0.2, -0.15) is 0 Å². The number of halogens is 1. The van der Waals surface area contributed by atoms with Crippen LogP contribution in [0.5, 0.6) is 5.75 Å². The van der Waals surface area contributed by atoms with Crippen LogP contribution in [0.3, 0.4) is 0 Å². The second kappa shape index (κ2) is 6.64. The molecule has 0 aliphatic heterocycles. The Balaban J connectivity index is 1.99. The second-order valence-corrected chi connectivity index (χ2v) is 5.30. The van der Waals surface area contributed by atoms with Crippen molar-refractivity contribution in [2.24, 2.45) is 0 Å². The van der Waals surface area contributed by atoms with Crippen LogP contribution in [0.2, 0.25) is 5.02 Å².